The predicted molar refractivity (Wildman–Crippen MR) is 86.2 cm³/mol. The third kappa shape index (κ3) is 5.20. The lowest BCUT2D eigenvalue weighted by atomic mass is 9.94. The van der Waals surface area contributed by atoms with E-state index in [-0.39, 0.29) is 5.97 Å². The van der Waals surface area contributed by atoms with Gasteiger partial charge in [0.05, 0.1) is 12.5 Å². The minimum atomic E-state index is -0.512. The second-order valence-electron chi connectivity index (χ2n) is 6.29. The molecule has 1 aromatic rings. The van der Waals surface area contributed by atoms with Crippen LogP contribution in [0.2, 0.25) is 0 Å². The van der Waals surface area contributed by atoms with Gasteiger partial charge in [0, 0.05) is 25.0 Å². The molecule has 1 rings (SSSR count). The van der Waals surface area contributed by atoms with Crippen LogP contribution < -0.4 is 5.32 Å². The predicted octanol–water partition coefficient (Wildman–Crippen LogP) is 3.53. The lowest BCUT2D eigenvalue weighted by Gasteiger charge is -2.22. The molecule has 0 amide bonds. The number of methoxy groups -OCH3 is 1. The minimum absolute atomic E-state index is 0.174. The summed E-state index contributed by atoms with van der Waals surface area (Å²) in [5.74, 6) is -0.174. The Balaban J connectivity index is 2.76. The van der Waals surface area contributed by atoms with Crippen molar-refractivity contribution in [3.8, 4) is 0 Å². The Morgan fingerprint density at radius 3 is 2.67 bits per heavy atom. The van der Waals surface area contributed by atoms with Crippen LogP contribution in [0, 0.1) is 5.41 Å². The second-order valence-corrected chi connectivity index (χ2v) is 6.29. The van der Waals surface area contributed by atoms with Gasteiger partial charge in [-0.2, -0.15) is 0 Å². The molecule has 4 heteroatoms. The van der Waals surface area contributed by atoms with E-state index in [4.69, 9.17) is 4.74 Å². The molecule has 0 fully saturated rings. The summed E-state index contributed by atoms with van der Waals surface area (Å²) in [6, 6.07) is 2.55. The fourth-order valence-corrected chi connectivity index (χ4v) is 2.55. The summed E-state index contributed by atoms with van der Waals surface area (Å²) < 4.78 is 6.95. The number of hydrogen-bond donors (Lipinski definition) is 1. The maximum atomic E-state index is 11.8. The highest BCUT2D eigenvalue weighted by molar-refractivity contribution is 5.75. The van der Waals surface area contributed by atoms with E-state index in [1.807, 2.05) is 13.8 Å². The zero-order valence-corrected chi connectivity index (χ0v) is 14.1. The maximum absolute atomic E-state index is 11.8. The van der Waals surface area contributed by atoms with Crippen molar-refractivity contribution in [1.29, 1.82) is 0 Å². The molecule has 1 N–H and O–H groups in total. The first-order valence-corrected chi connectivity index (χ1v) is 7.92. The lowest BCUT2D eigenvalue weighted by Crippen LogP contribution is -2.30. The standard InChI is InChI=1S/C17H30N2O2/c1-6-8-15(18-10-7-2)14-9-11-19(12-14)13-17(3,4)16(20)21-5/h9,11-12,15,18H,6-8,10,13H2,1-5H3. The third-order valence-corrected chi connectivity index (χ3v) is 3.71. The highest BCUT2D eigenvalue weighted by Crippen LogP contribution is 2.23. The highest BCUT2D eigenvalue weighted by Gasteiger charge is 2.29. The van der Waals surface area contributed by atoms with Gasteiger partial charge in [-0.3, -0.25) is 4.79 Å². The summed E-state index contributed by atoms with van der Waals surface area (Å²) in [6.07, 6.45) is 7.62. The van der Waals surface area contributed by atoms with Crippen molar-refractivity contribution in [3.05, 3.63) is 24.0 Å². The summed E-state index contributed by atoms with van der Waals surface area (Å²) in [7, 11) is 1.44. The lowest BCUT2D eigenvalue weighted by molar-refractivity contribution is -0.151. The van der Waals surface area contributed by atoms with Crippen LogP contribution in [0.5, 0.6) is 0 Å². The van der Waals surface area contributed by atoms with Gasteiger partial charge in [0.2, 0.25) is 0 Å². The molecule has 1 atom stereocenters. The third-order valence-electron chi connectivity index (χ3n) is 3.71. The molecule has 0 saturated heterocycles. The van der Waals surface area contributed by atoms with Crippen LogP contribution in [0.15, 0.2) is 18.5 Å². The normalized spacial score (nSPS) is 13.2. The Bertz CT molecular complexity index is 438. The van der Waals surface area contributed by atoms with Gasteiger partial charge in [0.15, 0.2) is 0 Å². The molecule has 120 valence electrons. The number of ether oxygens (including phenoxy) is 1. The van der Waals surface area contributed by atoms with E-state index in [9.17, 15) is 4.79 Å². The molecule has 0 radical (unpaired) electrons. The fraction of sp³-hybridized carbons (Fsp3) is 0.706. The molecular weight excluding hydrogens is 264 g/mol. The number of hydrogen-bond acceptors (Lipinski definition) is 3. The van der Waals surface area contributed by atoms with Crippen LogP contribution in [0.4, 0.5) is 0 Å². The van der Waals surface area contributed by atoms with E-state index in [1.54, 1.807) is 0 Å². The molecule has 1 aromatic heterocycles. The average molecular weight is 294 g/mol. The molecule has 1 heterocycles. The van der Waals surface area contributed by atoms with Gasteiger partial charge >= 0.3 is 5.97 Å². The van der Waals surface area contributed by atoms with Crippen molar-refractivity contribution in [2.24, 2.45) is 5.41 Å². The van der Waals surface area contributed by atoms with E-state index in [2.05, 4.69) is 42.2 Å². The largest absolute Gasteiger partial charge is 0.469 e. The van der Waals surface area contributed by atoms with Crippen molar-refractivity contribution in [2.45, 2.75) is 59.5 Å². The van der Waals surface area contributed by atoms with Crippen LogP contribution in [-0.4, -0.2) is 24.2 Å². The number of carbonyl (C=O) groups excluding carboxylic acids is 1. The van der Waals surface area contributed by atoms with Crippen LogP contribution in [0.3, 0.4) is 0 Å². The molecule has 0 bridgehead atoms. The summed E-state index contributed by atoms with van der Waals surface area (Å²) in [5.41, 5.74) is 0.785. The Morgan fingerprint density at radius 2 is 2.10 bits per heavy atom. The number of rotatable bonds is 9. The van der Waals surface area contributed by atoms with E-state index < -0.39 is 5.41 Å². The molecule has 0 aliphatic rings. The first-order chi connectivity index (χ1) is 9.94. The number of carbonyl (C=O) groups is 1. The van der Waals surface area contributed by atoms with E-state index in [1.165, 1.54) is 12.7 Å². The first kappa shape index (κ1) is 17.8. The number of nitrogens with one attached hydrogen (secondary N) is 1. The summed E-state index contributed by atoms with van der Waals surface area (Å²) in [5, 5.41) is 3.59. The number of esters is 1. The van der Waals surface area contributed by atoms with Gasteiger partial charge in [0.25, 0.3) is 0 Å². The van der Waals surface area contributed by atoms with Gasteiger partial charge in [-0.05, 0) is 44.9 Å². The van der Waals surface area contributed by atoms with Crippen LogP contribution >= 0.6 is 0 Å². The van der Waals surface area contributed by atoms with Crippen molar-refractivity contribution in [1.82, 2.24) is 9.88 Å². The van der Waals surface area contributed by atoms with Gasteiger partial charge in [-0.15, -0.1) is 0 Å². The van der Waals surface area contributed by atoms with Crippen LogP contribution in [-0.2, 0) is 16.1 Å². The fourth-order valence-electron chi connectivity index (χ4n) is 2.55. The van der Waals surface area contributed by atoms with Crippen LogP contribution in [0.25, 0.3) is 0 Å². The monoisotopic (exact) mass is 294 g/mol. The molecule has 21 heavy (non-hydrogen) atoms. The van der Waals surface area contributed by atoms with Crippen LogP contribution in [0.1, 0.15) is 58.6 Å². The Morgan fingerprint density at radius 1 is 1.38 bits per heavy atom. The van der Waals surface area contributed by atoms with Gasteiger partial charge in [0.1, 0.15) is 0 Å². The summed E-state index contributed by atoms with van der Waals surface area (Å²) in [4.78, 5) is 11.8. The summed E-state index contributed by atoms with van der Waals surface area (Å²) in [6.45, 7) is 9.88. The average Bonchev–Trinajstić information content (AvgIpc) is 2.90. The molecule has 0 aliphatic heterocycles. The maximum Gasteiger partial charge on any atom is 0.313 e. The summed E-state index contributed by atoms with van der Waals surface area (Å²) >= 11 is 0. The van der Waals surface area contributed by atoms with Crippen molar-refractivity contribution in [2.75, 3.05) is 13.7 Å². The molecule has 4 nitrogen and oxygen atoms in total. The quantitative estimate of drug-likeness (QED) is 0.709. The topological polar surface area (TPSA) is 43.3 Å². The second kappa shape index (κ2) is 8.23. The highest BCUT2D eigenvalue weighted by atomic mass is 16.5. The molecular formula is C17H30N2O2. The molecule has 0 spiro atoms. The molecule has 0 saturated carbocycles. The molecule has 1 unspecified atom stereocenters. The number of aromatic nitrogens is 1. The zero-order chi connectivity index (χ0) is 15.9. The zero-order valence-electron chi connectivity index (χ0n) is 14.1. The smallest absolute Gasteiger partial charge is 0.313 e. The SMILES string of the molecule is CCCNC(CCC)c1ccn(CC(C)(C)C(=O)OC)c1. The van der Waals surface area contributed by atoms with E-state index in [0.29, 0.717) is 12.6 Å². The minimum Gasteiger partial charge on any atom is -0.469 e. The van der Waals surface area contributed by atoms with Gasteiger partial charge in [-0.25, -0.2) is 0 Å². The van der Waals surface area contributed by atoms with Crippen molar-refractivity contribution >= 4 is 5.97 Å². The van der Waals surface area contributed by atoms with E-state index in [0.717, 1.165) is 25.8 Å². The van der Waals surface area contributed by atoms with E-state index >= 15 is 0 Å². The van der Waals surface area contributed by atoms with Gasteiger partial charge < -0.3 is 14.6 Å². The van der Waals surface area contributed by atoms with Crippen molar-refractivity contribution in [3.63, 3.8) is 0 Å². The number of nitrogens with zero attached hydrogens (tertiary/aromatic N) is 1. The first-order valence-electron chi connectivity index (χ1n) is 7.92. The van der Waals surface area contributed by atoms with Crippen molar-refractivity contribution < 1.29 is 9.53 Å². The van der Waals surface area contributed by atoms with Gasteiger partial charge in [-0.1, -0.05) is 20.3 Å². The molecule has 0 aliphatic carbocycles. The molecule has 0 aromatic carbocycles. The Hall–Kier alpha value is -1.29. The Labute approximate surface area is 128 Å². The Kier molecular flexibility index (Phi) is 6.96.